The minimum atomic E-state index is -3.19. The van der Waals surface area contributed by atoms with E-state index in [4.69, 9.17) is 11.6 Å². The summed E-state index contributed by atoms with van der Waals surface area (Å²) >= 11 is 0. The van der Waals surface area contributed by atoms with Gasteiger partial charge < -0.3 is 9.13 Å². The molecule has 11 rings (SSSR count). The van der Waals surface area contributed by atoms with Crippen LogP contribution in [0.4, 0.5) is 0 Å². The van der Waals surface area contributed by atoms with Crippen molar-refractivity contribution >= 4 is 61.8 Å². The molecule has 59 heavy (non-hydrogen) atoms. The van der Waals surface area contributed by atoms with E-state index in [1.807, 2.05) is 78.9 Å². The molecule has 0 amide bonds. The molecule has 0 N–H and O–H groups in total. The van der Waals surface area contributed by atoms with Crippen molar-refractivity contribution < 1.29 is 4.57 Å². The first-order chi connectivity index (χ1) is 29.0. The van der Waals surface area contributed by atoms with E-state index in [-0.39, 0.29) is 0 Å². The standard InChI is InChI=1S/C55H39N2OP/c1-37(39-33-35-43(36-34-39)59(58,41-21-8-4-9-22-41)42-23-10-5-11-24-42)52-53(56-38(2)40-19-6-3-7-20-40)46-26-12-14-28-47(46)55(52)48-29-15-17-32-51(48)57-50-31-16-13-25-44(50)45-27-18-30-49(55)54(45)57/h3-36H,1H2,2H3/b56-38+. The van der Waals surface area contributed by atoms with Crippen LogP contribution in [0.25, 0.3) is 38.8 Å². The Balaban J connectivity index is 1.20. The molecule has 0 fully saturated rings. The summed E-state index contributed by atoms with van der Waals surface area (Å²) in [5, 5.41) is 4.83. The number of benzene rings is 8. The Morgan fingerprint density at radius 3 is 1.78 bits per heavy atom. The highest BCUT2D eigenvalue weighted by atomic mass is 31.2. The Labute approximate surface area is 344 Å². The molecule has 1 aliphatic carbocycles. The quantitative estimate of drug-likeness (QED) is 0.117. The molecule has 0 saturated heterocycles. The zero-order valence-electron chi connectivity index (χ0n) is 32.6. The van der Waals surface area contributed by atoms with Gasteiger partial charge in [-0.05, 0) is 52.4 Å². The molecule has 0 saturated carbocycles. The third-order valence-corrected chi connectivity index (χ3v) is 15.5. The monoisotopic (exact) mass is 774 g/mol. The van der Waals surface area contributed by atoms with Crippen LogP contribution in [0.15, 0.2) is 223 Å². The summed E-state index contributed by atoms with van der Waals surface area (Å²) in [6.45, 7) is 7.11. The zero-order chi connectivity index (χ0) is 39.7. The average molecular weight is 775 g/mol. The first-order valence-electron chi connectivity index (χ1n) is 20.1. The highest BCUT2D eigenvalue weighted by molar-refractivity contribution is 7.85. The molecule has 280 valence electrons. The van der Waals surface area contributed by atoms with Crippen LogP contribution in [0, 0.1) is 0 Å². The lowest BCUT2D eigenvalue weighted by atomic mass is 9.63. The van der Waals surface area contributed by atoms with Gasteiger partial charge in [0.15, 0.2) is 7.14 Å². The number of aliphatic imine (C=N–C) groups is 1. The number of aromatic nitrogens is 1. The van der Waals surface area contributed by atoms with Gasteiger partial charge in [-0.2, -0.15) is 0 Å². The minimum Gasteiger partial charge on any atom is -0.309 e. The Bertz CT molecular complexity index is 3210. The van der Waals surface area contributed by atoms with Gasteiger partial charge in [-0.3, -0.25) is 4.99 Å². The van der Waals surface area contributed by atoms with E-state index in [9.17, 15) is 0 Å². The molecule has 0 bridgehead atoms. The van der Waals surface area contributed by atoms with E-state index in [2.05, 4.69) is 139 Å². The molecule has 1 unspecified atom stereocenters. The van der Waals surface area contributed by atoms with Crippen molar-refractivity contribution in [1.29, 1.82) is 0 Å². The highest BCUT2D eigenvalue weighted by Gasteiger charge is 2.53. The smallest absolute Gasteiger partial charge is 0.171 e. The lowest BCUT2D eigenvalue weighted by Crippen LogP contribution is -2.35. The summed E-state index contributed by atoms with van der Waals surface area (Å²) in [4.78, 5) is 5.62. The molecule has 1 aromatic heterocycles. The number of para-hydroxylation sites is 3. The van der Waals surface area contributed by atoms with Crippen LogP contribution in [-0.4, -0.2) is 10.3 Å². The van der Waals surface area contributed by atoms with E-state index >= 15 is 4.57 Å². The summed E-state index contributed by atoms with van der Waals surface area (Å²) < 4.78 is 17.9. The maximum Gasteiger partial charge on any atom is 0.171 e. The minimum absolute atomic E-state index is 0.758. The SMILES string of the molecule is C=C(C1=C(/N=C(\C)c2ccccc2)c2ccccc2C12c1ccccc1-n1c3ccccc3c3cccc2c31)c1ccc(P(=O)(c2ccccc2)c2ccccc2)cc1. The van der Waals surface area contributed by atoms with Gasteiger partial charge in [0.2, 0.25) is 0 Å². The predicted molar refractivity (Wildman–Crippen MR) is 248 cm³/mol. The van der Waals surface area contributed by atoms with Crippen molar-refractivity contribution in [3.63, 3.8) is 0 Å². The second-order valence-corrected chi connectivity index (χ2v) is 18.2. The molecule has 4 heteroatoms. The fourth-order valence-electron chi connectivity index (χ4n) is 9.86. The number of hydrogen-bond acceptors (Lipinski definition) is 2. The van der Waals surface area contributed by atoms with Crippen molar-refractivity contribution in [2.45, 2.75) is 12.3 Å². The van der Waals surface area contributed by atoms with Crippen molar-refractivity contribution in [2.24, 2.45) is 4.99 Å². The first-order valence-corrected chi connectivity index (χ1v) is 21.8. The van der Waals surface area contributed by atoms with E-state index in [0.717, 1.165) is 60.8 Å². The molecule has 1 atom stereocenters. The van der Waals surface area contributed by atoms with Gasteiger partial charge in [0, 0.05) is 43.5 Å². The predicted octanol–water partition coefficient (Wildman–Crippen LogP) is 12.0. The molecule has 1 spiro atoms. The van der Waals surface area contributed by atoms with Gasteiger partial charge in [-0.1, -0.05) is 201 Å². The van der Waals surface area contributed by atoms with E-state index in [0.29, 0.717) is 0 Å². The van der Waals surface area contributed by atoms with Crippen molar-refractivity contribution in [3.05, 3.63) is 252 Å². The second kappa shape index (κ2) is 13.5. The van der Waals surface area contributed by atoms with Crippen LogP contribution in [0.5, 0.6) is 0 Å². The summed E-state index contributed by atoms with van der Waals surface area (Å²) in [7, 11) is -3.19. The van der Waals surface area contributed by atoms with Crippen LogP contribution in [0.2, 0.25) is 0 Å². The number of rotatable bonds is 7. The Morgan fingerprint density at radius 2 is 1.07 bits per heavy atom. The van der Waals surface area contributed by atoms with E-state index in [1.54, 1.807) is 0 Å². The van der Waals surface area contributed by atoms with Crippen LogP contribution < -0.4 is 15.9 Å². The lowest BCUT2D eigenvalue weighted by Gasteiger charge is -2.41. The summed E-state index contributed by atoms with van der Waals surface area (Å²) in [5.41, 5.74) is 13.2. The number of allylic oxidation sites excluding steroid dienone is 2. The van der Waals surface area contributed by atoms with Crippen molar-refractivity contribution in [1.82, 2.24) is 4.57 Å². The molecule has 2 aliphatic rings. The largest absolute Gasteiger partial charge is 0.309 e. The van der Waals surface area contributed by atoms with Crippen molar-refractivity contribution in [2.75, 3.05) is 0 Å². The normalized spacial score (nSPS) is 15.8. The molecule has 9 aromatic rings. The topological polar surface area (TPSA) is 34.4 Å². The lowest BCUT2D eigenvalue weighted by molar-refractivity contribution is 0.592. The average Bonchev–Trinajstić information content (AvgIpc) is 3.80. The third kappa shape index (κ3) is 5.02. The maximum absolute atomic E-state index is 15.4. The summed E-state index contributed by atoms with van der Waals surface area (Å²) in [5.74, 6) is 0. The van der Waals surface area contributed by atoms with Gasteiger partial charge in [0.25, 0.3) is 0 Å². The summed E-state index contributed by atoms with van der Waals surface area (Å²) in [6, 6.07) is 71.6. The summed E-state index contributed by atoms with van der Waals surface area (Å²) in [6.07, 6.45) is 0. The number of fused-ring (bicyclic) bond motifs is 9. The zero-order valence-corrected chi connectivity index (χ0v) is 33.5. The molecule has 1 aliphatic heterocycles. The molecule has 8 aromatic carbocycles. The molecule has 3 nitrogen and oxygen atoms in total. The molecular weight excluding hydrogens is 736 g/mol. The Kier molecular flexibility index (Phi) is 8.05. The second-order valence-electron chi connectivity index (χ2n) is 15.5. The maximum atomic E-state index is 15.4. The van der Waals surface area contributed by atoms with Gasteiger partial charge in [0.1, 0.15) is 0 Å². The first kappa shape index (κ1) is 35.1. The van der Waals surface area contributed by atoms with Gasteiger partial charge in [-0.15, -0.1) is 0 Å². The van der Waals surface area contributed by atoms with Crippen LogP contribution >= 0.6 is 7.14 Å². The van der Waals surface area contributed by atoms with E-state index < -0.39 is 12.6 Å². The Morgan fingerprint density at radius 1 is 0.525 bits per heavy atom. The fraction of sp³-hybridized carbons (Fsp3) is 0.0364. The number of hydrogen-bond donors (Lipinski definition) is 0. The number of nitrogens with zero attached hydrogens (tertiary/aromatic N) is 2. The third-order valence-electron chi connectivity index (χ3n) is 12.4. The highest BCUT2D eigenvalue weighted by Crippen LogP contribution is 2.62. The molecule has 0 radical (unpaired) electrons. The van der Waals surface area contributed by atoms with Crippen molar-refractivity contribution in [3.8, 4) is 5.69 Å². The van der Waals surface area contributed by atoms with Crippen LogP contribution in [0.1, 0.15) is 40.3 Å². The fourth-order valence-corrected chi connectivity index (χ4v) is 12.5. The van der Waals surface area contributed by atoms with E-state index in [1.165, 1.54) is 38.5 Å². The van der Waals surface area contributed by atoms with Gasteiger partial charge in [0.05, 0.1) is 27.8 Å². The molecular formula is C55H39N2OP. The van der Waals surface area contributed by atoms with Crippen LogP contribution in [0.3, 0.4) is 0 Å². The van der Waals surface area contributed by atoms with Gasteiger partial charge in [-0.25, -0.2) is 0 Å². The van der Waals surface area contributed by atoms with Gasteiger partial charge >= 0.3 is 0 Å². The molecule has 2 heterocycles. The van der Waals surface area contributed by atoms with Crippen LogP contribution in [-0.2, 0) is 9.98 Å². The Hall–Kier alpha value is -7.06.